The van der Waals surface area contributed by atoms with Crippen LogP contribution >= 0.6 is 0 Å². The van der Waals surface area contributed by atoms with Crippen LogP contribution in [0.3, 0.4) is 0 Å². The topological polar surface area (TPSA) is 42.9 Å². The lowest BCUT2D eigenvalue weighted by molar-refractivity contribution is -0.114. The second-order valence-corrected chi connectivity index (χ2v) is 2.41. The van der Waals surface area contributed by atoms with Gasteiger partial charge in [0.15, 0.2) is 5.78 Å². The van der Waals surface area contributed by atoms with Crippen LogP contribution < -0.4 is 0 Å². The first-order valence-electron chi connectivity index (χ1n) is 3.36. The van der Waals surface area contributed by atoms with Gasteiger partial charge in [-0.05, 0) is 12.2 Å². The van der Waals surface area contributed by atoms with Crippen molar-refractivity contribution in [3.8, 4) is 0 Å². The number of nitrogens with zero attached hydrogens (tertiary/aromatic N) is 2. The number of aromatic nitrogens is 2. The minimum Gasteiger partial charge on any atom is -0.294 e. The molecule has 3 heteroatoms. The van der Waals surface area contributed by atoms with Crippen LogP contribution in [0.25, 0.3) is 6.08 Å². The van der Waals surface area contributed by atoms with Gasteiger partial charge in [-0.1, -0.05) is 0 Å². The van der Waals surface area contributed by atoms with Gasteiger partial charge in [0.1, 0.15) is 6.33 Å². The average Bonchev–Trinajstić information content (AvgIpc) is 2.04. The maximum absolute atomic E-state index is 10.9. The smallest absolute Gasteiger partial charge is 0.160 e. The predicted octanol–water partition coefficient (Wildman–Crippen LogP) is 0.615. The number of allylic oxidation sites excluding steroid dienone is 1. The number of ketones is 1. The first-order valence-corrected chi connectivity index (χ1v) is 3.36. The molecular weight excluding hydrogens is 140 g/mol. The number of fused-ring (bicyclic) bond motifs is 1. The van der Waals surface area contributed by atoms with Crippen LogP contribution in [0.1, 0.15) is 11.3 Å². The summed E-state index contributed by atoms with van der Waals surface area (Å²) in [6, 6.07) is 0. The van der Waals surface area contributed by atoms with Crippen molar-refractivity contribution in [1.29, 1.82) is 0 Å². The fourth-order valence-electron chi connectivity index (χ4n) is 1.07. The fourth-order valence-corrected chi connectivity index (χ4v) is 1.07. The Morgan fingerprint density at radius 1 is 1.36 bits per heavy atom. The zero-order valence-electron chi connectivity index (χ0n) is 5.82. The monoisotopic (exact) mass is 146 g/mol. The van der Waals surface area contributed by atoms with Crippen molar-refractivity contribution < 1.29 is 4.79 Å². The van der Waals surface area contributed by atoms with Crippen LogP contribution in [0.2, 0.25) is 0 Å². The SMILES string of the molecule is O=C1C=Cc2ncncc2C1. The summed E-state index contributed by atoms with van der Waals surface area (Å²) in [5, 5.41) is 0. The third-order valence-corrected chi connectivity index (χ3v) is 1.61. The highest BCUT2D eigenvalue weighted by Gasteiger charge is 2.09. The van der Waals surface area contributed by atoms with Gasteiger partial charge >= 0.3 is 0 Å². The molecule has 1 aliphatic carbocycles. The zero-order valence-corrected chi connectivity index (χ0v) is 5.82. The summed E-state index contributed by atoms with van der Waals surface area (Å²) in [6.45, 7) is 0. The molecule has 0 unspecified atom stereocenters. The molecule has 0 fully saturated rings. The van der Waals surface area contributed by atoms with E-state index in [4.69, 9.17) is 0 Å². The third kappa shape index (κ3) is 1.05. The molecule has 0 saturated heterocycles. The summed E-state index contributed by atoms with van der Waals surface area (Å²) < 4.78 is 0. The van der Waals surface area contributed by atoms with E-state index >= 15 is 0 Å². The Bertz CT molecular complexity index is 331. The molecule has 0 saturated carbocycles. The van der Waals surface area contributed by atoms with E-state index in [1.165, 1.54) is 6.33 Å². The third-order valence-electron chi connectivity index (χ3n) is 1.61. The van der Waals surface area contributed by atoms with Crippen molar-refractivity contribution in [2.45, 2.75) is 6.42 Å². The summed E-state index contributed by atoms with van der Waals surface area (Å²) >= 11 is 0. The van der Waals surface area contributed by atoms with Crippen molar-refractivity contribution in [3.63, 3.8) is 0 Å². The zero-order chi connectivity index (χ0) is 7.68. The van der Waals surface area contributed by atoms with Gasteiger partial charge in [0, 0.05) is 18.2 Å². The average molecular weight is 146 g/mol. The van der Waals surface area contributed by atoms with Crippen LogP contribution in [-0.2, 0) is 11.2 Å². The van der Waals surface area contributed by atoms with E-state index in [0.29, 0.717) is 6.42 Å². The van der Waals surface area contributed by atoms with E-state index in [0.717, 1.165) is 11.3 Å². The Balaban J connectivity index is 2.54. The summed E-state index contributed by atoms with van der Waals surface area (Å²) in [5.74, 6) is 0.118. The number of carbonyl (C=O) groups is 1. The normalized spacial score (nSPS) is 14.7. The van der Waals surface area contributed by atoms with E-state index < -0.39 is 0 Å². The van der Waals surface area contributed by atoms with Gasteiger partial charge in [-0.25, -0.2) is 9.97 Å². The predicted molar refractivity (Wildman–Crippen MR) is 39.8 cm³/mol. The number of carbonyl (C=O) groups excluding carboxylic acids is 1. The first kappa shape index (κ1) is 6.22. The van der Waals surface area contributed by atoms with E-state index in [1.807, 2.05) is 0 Å². The highest BCUT2D eigenvalue weighted by Crippen LogP contribution is 2.12. The summed E-state index contributed by atoms with van der Waals surface area (Å²) in [7, 11) is 0. The fraction of sp³-hybridized carbons (Fsp3) is 0.125. The molecule has 0 amide bonds. The van der Waals surface area contributed by atoms with Gasteiger partial charge in [-0.2, -0.15) is 0 Å². The molecular formula is C8H6N2O. The van der Waals surface area contributed by atoms with Crippen LogP contribution in [0.15, 0.2) is 18.6 Å². The van der Waals surface area contributed by atoms with Gasteiger partial charge in [0.2, 0.25) is 0 Å². The molecule has 0 aliphatic heterocycles. The van der Waals surface area contributed by atoms with Gasteiger partial charge < -0.3 is 0 Å². The summed E-state index contributed by atoms with van der Waals surface area (Å²) in [6.07, 6.45) is 6.88. The molecule has 0 atom stereocenters. The lowest BCUT2D eigenvalue weighted by Gasteiger charge is -2.05. The molecule has 0 spiro atoms. The second kappa shape index (κ2) is 2.27. The number of hydrogen-bond acceptors (Lipinski definition) is 3. The molecule has 0 aromatic carbocycles. The molecule has 0 N–H and O–H groups in total. The van der Waals surface area contributed by atoms with Gasteiger partial charge in [-0.3, -0.25) is 4.79 Å². The van der Waals surface area contributed by atoms with Gasteiger partial charge in [-0.15, -0.1) is 0 Å². The van der Waals surface area contributed by atoms with E-state index in [9.17, 15) is 4.79 Å². The highest BCUT2D eigenvalue weighted by atomic mass is 16.1. The lowest BCUT2D eigenvalue weighted by Crippen LogP contribution is -2.06. The molecule has 1 aromatic heterocycles. The second-order valence-electron chi connectivity index (χ2n) is 2.41. The molecule has 3 nitrogen and oxygen atoms in total. The molecule has 54 valence electrons. The van der Waals surface area contributed by atoms with Crippen molar-refractivity contribution in [1.82, 2.24) is 9.97 Å². The summed E-state index contributed by atoms with van der Waals surface area (Å²) in [5.41, 5.74) is 1.78. The first-order chi connectivity index (χ1) is 5.36. The van der Waals surface area contributed by atoms with E-state index in [-0.39, 0.29) is 5.78 Å². The molecule has 0 radical (unpaired) electrons. The lowest BCUT2D eigenvalue weighted by atomic mass is 10.0. The molecule has 0 bridgehead atoms. The molecule has 11 heavy (non-hydrogen) atoms. The van der Waals surface area contributed by atoms with Gasteiger partial charge in [0.25, 0.3) is 0 Å². The van der Waals surface area contributed by atoms with Crippen molar-refractivity contribution >= 4 is 11.9 Å². The van der Waals surface area contributed by atoms with E-state index in [2.05, 4.69) is 9.97 Å². The minimum atomic E-state index is 0.118. The van der Waals surface area contributed by atoms with Crippen molar-refractivity contribution in [2.24, 2.45) is 0 Å². The van der Waals surface area contributed by atoms with Gasteiger partial charge in [0.05, 0.1) is 5.69 Å². The van der Waals surface area contributed by atoms with Crippen LogP contribution in [-0.4, -0.2) is 15.8 Å². The Labute approximate surface area is 63.8 Å². The number of rotatable bonds is 0. The largest absolute Gasteiger partial charge is 0.294 e. The number of hydrogen-bond donors (Lipinski definition) is 0. The Kier molecular flexibility index (Phi) is 1.28. The van der Waals surface area contributed by atoms with E-state index in [1.54, 1.807) is 18.3 Å². The van der Waals surface area contributed by atoms with Crippen molar-refractivity contribution in [2.75, 3.05) is 0 Å². The van der Waals surface area contributed by atoms with Crippen LogP contribution in [0.5, 0.6) is 0 Å². The molecule has 1 aromatic rings. The molecule has 1 heterocycles. The Morgan fingerprint density at radius 2 is 2.27 bits per heavy atom. The van der Waals surface area contributed by atoms with Crippen LogP contribution in [0, 0.1) is 0 Å². The molecule has 2 rings (SSSR count). The quantitative estimate of drug-likeness (QED) is 0.538. The standard InChI is InChI=1S/C8H6N2O/c11-7-1-2-8-6(3-7)4-9-5-10-8/h1-2,4-5H,3H2. The molecule has 1 aliphatic rings. The maximum atomic E-state index is 10.9. The summed E-state index contributed by atoms with van der Waals surface area (Å²) in [4.78, 5) is 18.7. The highest BCUT2D eigenvalue weighted by molar-refractivity contribution is 5.97. The minimum absolute atomic E-state index is 0.118. The van der Waals surface area contributed by atoms with Crippen molar-refractivity contribution in [3.05, 3.63) is 29.9 Å². The maximum Gasteiger partial charge on any atom is 0.160 e. The Hall–Kier alpha value is -1.51. The Morgan fingerprint density at radius 3 is 3.18 bits per heavy atom. The van der Waals surface area contributed by atoms with Crippen LogP contribution in [0.4, 0.5) is 0 Å².